The minimum absolute atomic E-state index is 0.205. The molecule has 0 saturated heterocycles. The standard InChI is InChI=1S/C13H11ClF3N3/c1-3-10-19-12(14)6(2)13(20-10)18-9-5-7(15)4-8(16)11(9)17/h4-5H,3H2,1-2H3,(H,18,19,20). The van der Waals surface area contributed by atoms with Crippen molar-refractivity contribution in [3.63, 3.8) is 0 Å². The van der Waals surface area contributed by atoms with Crippen LogP contribution < -0.4 is 5.32 Å². The predicted molar refractivity (Wildman–Crippen MR) is 70.8 cm³/mol. The van der Waals surface area contributed by atoms with Crippen molar-refractivity contribution >= 4 is 23.1 Å². The number of anilines is 2. The van der Waals surface area contributed by atoms with Crippen LogP contribution in [0, 0.1) is 24.4 Å². The average Bonchev–Trinajstić information content (AvgIpc) is 2.40. The van der Waals surface area contributed by atoms with Crippen molar-refractivity contribution in [2.75, 3.05) is 5.32 Å². The zero-order chi connectivity index (χ0) is 14.9. The fraction of sp³-hybridized carbons (Fsp3) is 0.231. The van der Waals surface area contributed by atoms with Gasteiger partial charge in [-0.1, -0.05) is 18.5 Å². The molecule has 1 heterocycles. The lowest BCUT2D eigenvalue weighted by Gasteiger charge is -2.12. The minimum Gasteiger partial charge on any atom is -0.337 e. The summed E-state index contributed by atoms with van der Waals surface area (Å²) in [5.74, 6) is -2.69. The van der Waals surface area contributed by atoms with Crippen molar-refractivity contribution in [1.82, 2.24) is 9.97 Å². The Morgan fingerprint density at radius 1 is 1.20 bits per heavy atom. The van der Waals surface area contributed by atoms with Gasteiger partial charge in [-0.15, -0.1) is 0 Å². The molecule has 0 spiro atoms. The molecule has 1 N–H and O–H groups in total. The molecule has 2 rings (SSSR count). The van der Waals surface area contributed by atoms with E-state index in [9.17, 15) is 13.2 Å². The van der Waals surface area contributed by atoms with E-state index in [4.69, 9.17) is 11.6 Å². The second-order valence-corrected chi connectivity index (χ2v) is 4.49. The number of nitrogens with zero attached hydrogens (tertiary/aromatic N) is 2. The molecule has 0 fully saturated rings. The number of rotatable bonds is 3. The molecule has 0 saturated carbocycles. The Hall–Kier alpha value is -1.82. The third-order valence-corrected chi connectivity index (χ3v) is 3.06. The molecule has 20 heavy (non-hydrogen) atoms. The van der Waals surface area contributed by atoms with Gasteiger partial charge in [-0.3, -0.25) is 0 Å². The predicted octanol–water partition coefficient (Wildman–Crippen LogP) is 4.16. The quantitative estimate of drug-likeness (QED) is 0.683. The van der Waals surface area contributed by atoms with Crippen LogP contribution in [0.4, 0.5) is 24.7 Å². The molecule has 0 atom stereocenters. The first-order valence-corrected chi connectivity index (χ1v) is 6.24. The van der Waals surface area contributed by atoms with Crippen molar-refractivity contribution < 1.29 is 13.2 Å². The first-order chi connectivity index (χ1) is 9.42. The molecule has 0 amide bonds. The van der Waals surface area contributed by atoms with Gasteiger partial charge in [0.15, 0.2) is 11.6 Å². The summed E-state index contributed by atoms with van der Waals surface area (Å²) in [6.45, 7) is 3.45. The van der Waals surface area contributed by atoms with Crippen LogP contribution in [0.1, 0.15) is 18.3 Å². The molecule has 106 valence electrons. The molecule has 0 aliphatic carbocycles. The van der Waals surface area contributed by atoms with Crippen molar-refractivity contribution in [1.29, 1.82) is 0 Å². The Morgan fingerprint density at radius 3 is 2.55 bits per heavy atom. The zero-order valence-electron chi connectivity index (χ0n) is 10.8. The third kappa shape index (κ3) is 2.85. The second kappa shape index (κ2) is 5.66. The first kappa shape index (κ1) is 14.6. The van der Waals surface area contributed by atoms with Crippen LogP contribution in [-0.2, 0) is 6.42 Å². The molecule has 0 bridgehead atoms. The number of benzene rings is 1. The maximum Gasteiger partial charge on any atom is 0.182 e. The van der Waals surface area contributed by atoms with Crippen molar-refractivity contribution in [3.8, 4) is 0 Å². The van der Waals surface area contributed by atoms with Gasteiger partial charge in [0.05, 0.1) is 5.69 Å². The van der Waals surface area contributed by atoms with Crippen LogP contribution in [0.15, 0.2) is 12.1 Å². The minimum atomic E-state index is -1.28. The van der Waals surface area contributed by atoms with E-state index in [1.807, 2.05) is 6.92 Å². The second-order valence-electron chi connectivity index (χ2n) is 4.13. The summed E-state index contributed by atoms with van der Waals surface area (Å²) in [7, 11) is 0. The Kier molecular flexibility index (Phi) is 4.13. The van der Waals surface area contributed by atoms with Crippen LogP contribution in [-0.4, -0.2) is 9.97 Å². The van der Waals surface area contributed by atoms with Gasteiger partial charge in [-0.25, -0.2) is 23.1 Å². The molecule has 2 aromatic rings. The number of halogens is 4. The summed E-state index contributed by atoms with van der Waals surface area (Å²) in [5, 5.41) is 2.75. The molecule has 0 unspecified atom stereocenters. The van der Waals surface area contributed by atoms with E-state index in [1.165, 1.54) is 0 Å². The molecule has 0 radical (unpaired) electrons. The van der Waals surface area contributed by atoms with Crippen LogP contribution >= 0.6 is 11.6 Å². The van der Waals surface area contributed by atoms with Gasteiger partial charge in [0.25, 0.3) is 0 Å². The molecular weight excluding hydrogens is 291 g/mol. The van der Waals surface area contributed by atoms with E-state index in [0.29, 0.717) is 23.9 Å². The SMILES string of the molecule is CCc1nc(Cl)c(C)c(Nc2cc(F)cc(F)c2F)n1. The van der Waals surface area contributed by atoms with Crippen molar-refractivity contribution in [3.05, 3.63) is 46.1 Å². The number of hydrogen-bond acceptors (Lipinski definition) is 3. The number of aryl methyl sites for hydroxylation is 1. The molecule has 7 heteroatoms. The van der Waals surface area contributed by atoms with Gasteiger partial charge in [-0.05, 0) is 6.92 Å². The molecule has 3 nitrogen and oxygen atoms in total. The van der Waals surface area contributed by atoms with E-state index in [2.05, 4.69) is 15.3 Å². The monoisotopic (exact) mass is 301 g/mol. The number of hydrogen-bond donors (Lipinski definition) is 1. The third-order valence-electron chi connectivity index (χ3n) is 2.70. The maximum absolute atomic E-state index is 13.6. The highest BCUT2D eigenvalue weighted by Gasteiger charge is 2.14. The Labute approximate surface area is 118 Å². The highest BCUT2D eigenvalue weighted by Crippen LogP contribution is 2.26. The maximum atomic E-state index is 13.6. The van der Waals surface area contributed by atoms with Crippen molar-refractivity contribution in [2.24, 2.45) is 0 Å². The van der Waals surface area contributed by atoms with E-state index >= 15 is 0 Å². The van der Waals surface area contributed by atoms with E-state index in [-0.39, 0.29) is 16.7 Å². The summed E-state index contributed by atoms with van der Waals surface area (Å²) in [4.78, 5) is 8.15. The normalized spacial score (nSPS) is 10.7. The molecular formula is C13H11ClF3N3. The summed E-state index contributed by atoms with van der Waals surface area (Å²) in [6.07, 6.45) is 0.522. The molecule has 1 aromatic carbocycles. The number of nitrogens with one attached hydrogen (secondary N) is 1. The summed E-state index contributed by atoms with van der Waals surface area (Å²) >= 11 is 5.93. The van der Waals surface area contributed by atoms with Gasteiger partial charge < -0.3 is 5.32 Å². The smallest absolute Gasteiger partial charge is 0.182 e. The highest BCUT2D eigenvalue weighted by molar-refractivity contribution is 6.30. The Bertz CT molecular complexity index is 662. The highest BCUT2D eigenvalue weighted by atomic mass is 35.5. The topological polar surface area (TPSA) is 37.8 Å². The fourth-order valence-electron chi connectivity index (χ4n) is 1.59. The van der Waals surface area contributed by atoms with Crippen LogP contribution in [0.2, 0.25) is 5.15 Å². The van der Waals surface area contributed by atoms with Crippen LogP contribution in [0.25, 0.3) is 0 Å². The molecule has 0 aliphatic rings. The van der Waals surface area contributed by atoms with E-state index in [0.717, 1.165) is 6.07 Å². The fourth-order valence-corrected chi connectivity index (χ4v) is 1.77. The Morgan fingerprint density at radius 2 is 1.90 bits per heavy atom. The van der Waals surface area contributed by atoms with Crippen molar-refractivity contribution in [2.45, 2.75) is 20.3 Å². The summed E-state index contributed by atoms with van der Waals surface area (Å²) < 4.78 is 39.9. The van der Waals surface area contributed by atoms with Gasteiger partial charge in [0.2, 0.25) is 0 Å². The molecule has 0 aliphatic heterocycles. The first-order valence-electron chi connectivity index (χ1n) is 5.87. The van der Waals surface area contributed by atoms with Gasteiger partial charge in [-0.2, -0.15) is 0 Å². The zero-order valence-corrected chi connectivity index (χ0v) is 11.5. The van der Waals surface area contributed by atoms with Crippen LogP contribution in [0.3, 0.4) is 0 Å². The molecule has 1 aromatic heterocycles. The summed E-state index contributed by atoms with van der Waals surface area (Å²) in [6, 6.07) is 1.32. The number of aromatic nitrogens is 2. The van der Waals surface area contributed by atoms with Gasteiger partial charge in [0, 0.05) is 24.1 Å². The summed E-state index contributed by atoms with van der Waals surface area (Å²) in [5.41, 5.74) is 0.121. The van der Waals surface area contributed by atoms with Crippen LogP contribution in [0.5, 0.6) is 0 Å². The Balaban J connectivity index is 2.47. The van der Waals surface area contributed by atoms with Gasteiger partial charge >= 0.3 is 0 Å². The lowest BCUT2D eigenvalue weighted by molar-refractivity contribution is 0.498. The lowest BCUT2D eigenvalue weighted by atomic mass is 10.2. The van der Waals surface area contributed by atoms with Gasteiger partial charge in [0.1, 0.15) is 22.6 Å². The van der Waals surface area contributed by atoms with E-state index in [1.54, 1.807) is 6.92 Å². The lowest BCUT2D eigenvalue weighted by Crippen LogP contribution is -2.05. The van der Waals surface area contributed by atoms with E-state index < -0.39 is 17.5 Å². The average molecular weight is 302 g/mol. The largest absolute Gasteiger partial charge is 0.337 e.